The number of aliphatic carboxylic acids is 2. The van der Waals surface area contributed by atoms with Gasteiger partial charge >= 0.3 is 11.9 Å². The zero-order valence-electron chi connectivity index (χ0n) is 12.1. The molecule has 106 valence electrons. The van der Waals surface area contributed by atoms with E-state index < -0.39 is 22.8 Å². The largest absolute Gasteiger partial charge is 0.481 e. The third-order valence-corrected chi connectivity index (χ3v) is 4.30. The van der Waals surface area contributed by atoms with Crippen LogP contribution >= 0.6 is 0 Å². The first kappa shape index (κ1) is 16.9. The summed E-state index contributed by atoms with van der Waals surface area (Å²) < 4.78 is 0. The van der Waals surface area contributed by atoms with Gasteiger partial charge in [0.05, 0.1) is 10.8 Å². The molecule has 2 N–H and O–H groups in total. The Balaban J connectivity index is 5.93. The second-order valence-corrected chi connectivity index (χ2v) is 5.43. The first-order valence-electron chi connectivity index (χ1n) is 6.70. The van der Waals surface area contributed by atoms with Crippen molar-refractivity contribution in [2.24, 2.45) is 16.7 Å². The summed E-state index contributed by atoms with van der Waals surface area (Å²) in [6, 6.07) is 0. The number of hydrogen-bond acceptors (Lipinski definition) is 2. The minimum absolute atomic E-state index is 0.151. The summed E-state index contributed by atoms with van der Waals surface area (Å²) in [7, 11) is 0. The first-order chi connectivity index (χ1) is 8.24. The van der Waals surface area contributed by atoms with Gasteiger partial charge in [0.1, 0.15) is 0 Å². The normalized spacial score (nSPS) is 15.4. The SMILES string of the molecule is CCC(CC)(C(=O)O)C(CC)(CC(C)C)C(=O)O. The van der Waals surface area contributed by atoms with E-state index in [0.717, 1.165) is 0 Å². The van der Waals surface area contributed by atoms with Crippen LogP contribution < -0.4 is 0 Å². The molecular formula is C14H26O4. The highest BCUT2D eigenvalue weighted by Gasteiger charge is 2.58. The van der Waals surface area contributed by atoms with Crippen molar-refractivity contribution < 1.29 is 19.8 Å². The summed E-state index contributed by atoms with van der Waals surface area (Å²) in [6.45, 7) is 9.19. The highest BCUT2D eigenvalue weighted by molar-refractivity contribution is 5.86. The third kappa shape index (κ3) is 2.52. The summed E-state index contributed by atoms with van der Waals surface area (Å²) in [4.78, 5) is 23.5. The van der Waals surface area contributed by atoms with Crippen molar-refractivity contribution in [2.45, 2.75) is 60.3 Å². The average Bonchev–Trinajstić information content (AvgIpc) is 2.28. The standard InChI is InChI=1S/C14H26O4/c1-6-13(7-2,11(15)16)14(8-3,12(17)18)9-10(4)5/h10H,6-9H2,1-5H3,(H,15,16)(H,17,18). The van der Waals surface area contributed by atoms with Crippen molar-refractivity contribution >= 4 is 11.9 Å². The van der Waals surface area contributed by atoms with E-state index in [1.807, 2.05) is 13.8 Å². The van der Waals surface area contributed by atoms with E-state index in [-0.39, 0.29) is 5.92 Å². The Morgan fingerprint density at radius 1 is 0.889 bits per heavy atom. The van der Waals surface area contributed by atoms with Gasteiger partial charge in [-0.25, -0.2) is 0 Å². The van der Waals surface area contributed by atoms with Gasteiger partial charge in [-0.15, -0.1) is 0 Å². The molecule has 4 heteroatoms. The van der Waals surface area contributed by atoms with Crippen molar-refractivity contribution in [2.75, 3.05) is 0 Å². The second kappa shape index (κ2) is 6.21. The minimum atomic E-state index is -1.18. The lowest BCUT2D eigenvalue weighted by molar-refractivity contribution is -0.178. The van der Waals surface area contributed by atoms with Gasteiger partial charge in [-0.1, -0.05) is 34.6 Å². The van der Waals surface area contributed by atoms with Crippen LogP contribution in [-0.4, -0.2) is 22.2 Å². The molecule has 1 unspecified atom stereocenters. The lowest BCUT2D eigenvalue weighted by Crippen LogP contribution is -2.52. The van der Waals surface area contributed by atoms with Gasteiger partial charge in [-0.3, -0.25) is 9.59 Å². The maximum Gasteiger partial charge on any atom is 0.310 e. The van der Waals surface area contributed by atoms with E-state index in [0.29, 0.717) is 25.7 Å². The lowest BCUT2D eigenvalue weighted by Gasteiger charge is -2.45. The molecule has 0 rings (SSSR count). The van der Waals surface area contributed by atoms with E-state index in [1.165, 1.54) is 0 Å². The molecule has 0 saturated carbocycles. The number of carboxylic acids is 2. The fourth-order valence-corrected chi connectivity index (χ4v) is 3.25. The van der Waals surface area contributed by atoms with Crippen molar-refractivity contribution in [3.05, 3.63) is 0 Å². The molecule has 0 bridgehead atoms. The zero-order chi connectivity index (χ0) is 14.6. The van der Waals surface area contributed by atoms with Crippen LogP contribution in [-0.2, 0) is 9.59 Å². The Morgan fingerprint density at radius 3 is 1.39 bits per heavy atom. The Labute approximate surface area is 109 Å². The number of carboxylic acid groups (broad SMARTS) is 2. The number of rotatable bonds is 8. The Kier molecular flexibility index (Phi) is 5.84. The molecule has 0 aromatic carbocycles. The molecule has 0 amide bonds. The fraction of sp³-hybridized carbons (Fsp3) is 0.857. The molecule has 0 heterocycles. The highest BCUT2D eigenvalue weighted by atomic mass is 16.4. The number of carbonyl (C=O) groups is 2. The van der Waals surface area contributed by atoms with Gasteiger partial charge in [0.25, 0.3) is 0 Å². The van der Waals surface area contributed by atoms with Gasteiger partial charge in [0, 0.05) is 0 Å². The predicted octanol–water partition coefficient (Wildman–Crippen LogP) is 3.40. The number of hydrogen-bond donors (Lipinski definition) is 2. The molecule has 18 heavy (non-hydrogen) atoms. The van der Waals surface area contributed by atoms with Crippen LogP contribution in [0.25, 0.3) is 0 Å². The zero-order valence-corrected chi connectivity index (χ0v) is 12.1. The summed E-state index contributed by atoms with van der Waals surface area (Å²) in [5.74, 6) is -1.82. The molecule has 0 spiro atoms. The van der Waals surface area contributed by atoms with Crippen LogP contribution in [0.3, 0.4) is 0 Å². The average molecular weight is 258 g/mol. The van der Waals surface area contributed by atoms with Crippen molar-refractivity contribution in [3.8, 4) is 0 Å². The molecule has 4 nitrogen and oxygen atoms in total. The van der Waals surface area contributed by atoms with E-state index in [1.54, 1.807) is 20.8 Å². The van der Waals surface area contributed by atoms with E-state index in [4.69, 9.17) is 0 Å². The monoisotopic (exact) mass is 258 g/mol. The molecule has 0 radical (unpaired) electrons. The molecule has 0 aliphatic rings. The molecule has 0 fully saturated rings. The third-order valence-electron chi connectivity index (χ3n) is 4.30. The van der Waals surface area contributed by atoms with Crippen molar-refractivity contribution in [1.29, 1.82) is 0 Å². The van der Waals surface area contributed by atoms with Crippen LogP contribution in [0.4, 0.5) is 0 Å². The Hall–Kier alpha value is -1.06. The highest BCUT2D eigenvalue weighted by Crippen LogP contribution is 2.51. The minimum Gasteiger partial charge on any atom is -0.481 e. The second-order valence-electron chi connectivity index (χ2n) is 5.43. The lowest BCUT2D eigenvalue weighted by atomic mass is 9.56. The van der Waals surface area contributed by atoms with Crippen LogP contribution in [0.2, 0.25) is 0 Å². The van der Waals surface area contributed by atoms with E-state index in [9.17, 15) is 19.8 Å². The van der Waals surface area contributed by atoms with Gasteiger partial charge in [-0.05, 0) is 31.6 Å². The van der Waals surface area contributed by atoms with Crippen LogP contribution in [0.15, 0.2) is 0 Å². The molecular weight excluding hydrogens is 232 g/mol. The molecule has 0 aliphatic heterocycles. The first-order valence-corrected chi connectivity index (χ1v) is 6.70. The molecule has 0 aromatic heterocycles. The predicted molar refractivity (Wildman–Crippen MR) is 70.5 cm³/mol. The maximum absolute atomic E-state index is 11.8. The summed E-state index contributed by atoms with van der Waals surface area (Å²) >= 11 is 0. The fourth-order valence-electron chi connectivity index (χ4n) is 3.25. The Morgan fingerprint density at radius 2 is 1.22 bits per heavy atom. The van der Waals surface area contributed by atoms with Gasteiger partial charge in [0.15, 0.2) is 0 Å². The van der Waals surface area contributed by atoms with Crippen LogP contribution in [0, 0.1) is 16.7 Å². The molecule has 0 aliphatic carbocycles. The van der Waals surface area contributed by atoms with Crippen molar-refractivity contribution in [3.63, 3.8) is 0 Å². The Bertz CT molecular complexity index is 305. The topological polar surface area (TPSA) is 74.6 Å². The molecule has 0 aromatic rings. The summed E-state index contributed by atoms with van der Waals surface area (Å²) in [5, 5.41) is 19.2. The molecule has 0 saturated heterocycles. The summed E-state index contributed by atoms with van der Waals surface area (Å²) in [6.07, 6.45) is 1.42. The maximum atomic E-state index is 11.8. The molecule has 1 atom stereocenters. The summed E-state index contributed by atoms with van der Waals surface area (Å²) in [5.41, 5.74) is -2.37. The quantitative estimate of drug-likeness (QED) is 0.699. The van der Waals surface area contributed by atoms with E-state index in [2.05, 4.69) is 0 Å². The van der Waals surface area contributed by atoms with Gasteiger partial charge in [-0.2, -0.15) is 0 Å². The van der Waals surface area contributed by atoms with Gasteiger partial charge < -0.3 is 10.2 Å². The van der Waals surface area contributed by atoms with Crippen molar-refractivity contribution in [1.82, 2.24) is 0 Å². The smallest absolute Gasteiger partial charge is 0.310 e. The van der Waals surface area contributed by atoms with Crippen LogP contribution in [0.5, 0.6) is 0 Å². The van der Waals surface area contributed by atoms with Gasteiger partial charge in [0.2, 0.25) is 0 Å². The van der Waals surface area contributed by atoms with E-state index >= 15 is 0 Å². The van der Waals surface area contributed by atoms with Crippen LogP contribution in [0.1, 0.15) is 60.3 Å².